The Labute approximate surface area is 127 Å². The molecule has 2 rings (SSSR count). The van der Waals surface area contributed by atoms with Crippen LogP contribution in [-0.2, 0) is 4.74 Å². The number of hydrogen-bond donors (Lipinski definition) is 1. The molecule has 0 radical (unpaired) electrons. The van der Waals surface area contributed by atoms with Gasteiger partial charge in [-0.15, -0.1) is 0 Å². The van der Waals surface area contributed by atoms with Gasteiger partial charge in [-0.1, -0.05) is 30.3 Å². The highest BCUT2D eigenvalue weighted by atomic mass is 16.6. The van der Waals surface area contributed by atoms with E-state index in [1.807, 2.05) is 33.8 Å². The number of hydrogen-bond acceptors (Lipinski definition) is 2. The summed E-state index contributed by atoms with van der Waals surface area (Å²) in [4.78, 5) is 11.9. The van der Waals surface area contributed by atoms with Crippen LogP contribution in [0, 0.1) is 0 Å². The summed E-state index contributed by atoms with van der Waals surface area (Å²) < 4.78 is 5.33. The number of ether oxygens (including phenoxy) is 1. The average Bonchev–Trinajstić information content (AvgIpc) is 2.90. The number of carbonyl (C=O) groups excluding carboxylic acids is 1. The van der Waals surface area contributed by atoms with Crippen molar-refractivity contribution < 1.29 is 9.53 Å². The second-order valence-electron chi connectivity index (χ2n) is 6.58. The first-order valence-electron chi connectivity index (χ1n) is 7.64. The third-order valence-corrected chi connectivity index (χ3v) is 3.55. The van der Waals surface area contributed by atoms with Gasteiger partial charge in [0.2, 0.25) is 0 Å². The summed E-state index contributed by atoms with van der Waals surface area (Å²) in [6.45, 7) is 7.61. The highest BCUT2D eigenvalue weighted by Crippen LogP contribution is 2.32. The molecule has 0 spiro atoms. The number of rotatable bonds is 3. The van der Waals surface area contributed by atoms with Crippen LogP contribution in [0.2, 0.25) is 0 Å². The van der Waals surface area contributed by atoms with Gasteiger partial charge < -0.3 is 10.1 Å². The zero-order valence-corrected chi connectivity index (χ0v) is 13.4. The Morgan fingerprint density at radius 3 is 2.62 bits per heavy atom. The van der Waals surface area contributed by atoms with E-state index < -0.39 is 5.60 Å². The second kappa shape index (κ2) is 6.33. The van der Waals surface area contributed by atoms with Crippen LogP contribution < -0.4 is 5.32 Å². The highest BCUT2D eigenvalue weighted by Gasteiger charge is 2.20. The van der Waals surface area contributed by atoms with E-state index in [1.54, 1.807) is 0 Å². The van der Waals surface area contributed by atoms with Crippen molar-refractivity contribution in [2.75, 3.05) is 0 Å². The van der Waals surface area contributed by atoms with Gasteiger partial charge in [0.05, 0.1) is 6.04 Å². The monoisotopic (exact) mass is 287 g/mol. The predicted octanol–water partition coefficient (Wildman–Crippen LogP) is 4.84. The van der Waals surface area contributed by atoms with Crippen molar-refractivity contribution in [3.63, 3.8) is 0 Å². The van der Waals surface area contributed by atoms with E-state index in [0.29, 0.717) is 0 Å². The van der Waals surface area contributed by atoms with E-state index in [4.69, 9.17) is 4.74 Å². The smallest absolute Gasteiger partial charge is 0.408 e. The number of amides is 1. The van der Waals surface area contributed by atoms with Crippen LogP contribution in [0.4, 0.5) is 4.79 Å². The van der Waals surface area contributed by atoms with Gasteiger partial charge in [0.1, 0.15) is 5.60 Å². The number of allylic oxidation sites excluding steroid dienone is 2. The van der Waals surface area contributed by atoms with Crippen LogP contribution in [0.15, 0.2) is 30.3 Å². The second-order valence-corrected chi connectivity index (χ2v) is 6.58. The summed E-state index contributed by atoms with van der Waals surface area (Å²) in [5.41, 5.74) is 3.32. The molecule has 1 atom stereocenters. The fraction of sp³-hybridized carbons (Fsp3) is 0.500. The summed E-state index contributed by atoms with van der Waals surface area (Å²) in [6.07, 6.45) is 5.43. The van der Waals surface area contributed by atoms with Crippen LogP contribution in [0.1, 0.15) is 64.1 Å². The lowest BCUT2D eigenvalue weighted by Gasteiger charge is -2.23. The van der Waals surface area contributed by atoms with Crippen molar-refractivity contribution in [2.24, 2.45) is 0 Å². The van der Waals surface area contributed by atoms with E-state index in [2.05, 4.69) is 29.6 Å². The maximum absolute atomic E-state index is 11.9. The summed E-state index contributed by atoms with van der Waals surface area (Å²) in [6, 6.07) is 8.22. The minimum absolute atomic E-state index is 0.0717. The minimum Gasteiger partial charge on any atom is -0.444 e. The number of benzene rings is 1. The predicted molar refractivity (Wildman–Crippen MR) is 86.1 cm³/mol. The Bertz CT molecular complexity index is 540. The molecule has 0 saturated heterocycles. The van der Waals surface area contributed by atoms with Crippen LogP contribution in [0.5, 0.6) is 0 Å². The molecule has 3 nitrogen and oxygen atoms in total. The molecule has 1 N–H and O–H groups in total. The number of nitrogens with one attached hydrogen (secondary N) is 1. The molecule has 0 bridgehead atoms. The normalized spacial score (nSPS) is 16.3. The molecule has 1 aromatic rings. The molecule has 114 valence electrons. The zero-order valence-electron chi connectivity index (χ0n) is 13.4. The van der Waals surface area contributed by atoms with Gasteiger partial charge in [-0.25, -0.2) is 4.79 Å². The van der Waals surface area contributed by atoms with Gasteiger partial charge in [-0.05, 0) is 63.7 Å². The maximum Gasteiger partial charge on any atom is 0.408 e. The van der Waals surface area contributed by atoms with Gasteiger partial charge in [0, 0.05) is 0 Å². The Morgan fingerprint density at radius 1 is 1.29 bits per heavy atom. The Kier molecular flexibility index (Phi) is 4.71. The lowest BCUT2D eigenvalue weighted by atomic mass is 9.95. The molecule has 0 aliphatic heterocycles. The van der Waals surface area contributed by atoms with Crippen LogP contribution in [0.25, 0.3) is 5.57 Å². The van der Waals surface area contributed by atoms with Crippen molar-refractivity contribution >= 4 is 11.7 Å². The lowest BCUT2D eigenvalue weighted by molar-refractivity contribution is 0.0508. The zero-order chi connectivity index (χ0) is 15.5. The summed E-state index contributed by atoms with van der Waals surface area (Å²) >= 11 is 0. The highest BCUT2D eigenvalue weighted by molar-refractivity contribution is 5.72. The molecule has 1 aliphatic rings. The van der Waals surface area contributed by atoms with E-state index in [-0.39, 0.29) is 12.1 Å². The first-order chi connectivity index (χ1) is 9.87. The van der Waals surface area contributed by atoms with Crippen molar-refractivity contribution in [2.45, 2.75) is 58.6 Å². The molecule has 21 heavy (non-hydrogen) atoms. The standard InChI is InChI=1S/C18H25NO2/c1-13(19-17(20)21-18(2,3)4)15-11-7-8-12-16(15)14-9-5-6-10-14/h7-9,11-13H,5-6,10H2,1-4H3,(H,19,20)/t13-/m0/s1. The fourth-order valence-corrected chi connectivity index (χ4v) is 2.64. The van der Waals surface area contributed by atoms with Crippen molar-refractivity contribution in [1.29, 1.82) is 0 Å². The first kappa shape index (κ1) is 15.6. The quantitative estimate of drug-likeness (QED) is 0.864. The lowest BCUT2D eigenvalue weighted by Crippen LogP contribution is -2.34. The molecule has 0 aromatic heterocycles. The fourth-order valence-electron chi connectivity index (χ4n) is 2.64. The molecule has 1 aliphatic carbocycles. The van der Waals surface area contributed by atoms with Gasteiger partial charge in [-0.3, -0.25) is 0 Å². The molecule has 0 saturated carbocycles. The van der Waals surface area contributed by atoms with Gasteiger partial charge in [0.25, 0.3) is 0 Å². The van der Waals surface area contributed by atoms with E-state index in [0.717, 1.165) is 18.4 Å². The Hall–Kier alpha value is -1.77. The van der Waals surface area contributed by atoms with Crippen LogP contribution in [0.3, 0.4) is 0 Å². The van der Waals surface area contributed by atoms with E-state index >= 15 is 0 Å². The largest absolute Gasteiger partial charge is 0.444 e. The van der Waals surface area contributed by atoms with Crippen molar-refractivity contribution in [1.82, 2.24) is 5.32 Å². The molecular formula is C18H25NO2. The van der Waals surface area contributed by atoms with Gasteiger partial charge in [-0.2, -0.15) is 0 Å². The molecule has 3 heteroatoms. The third-order valence-electron chi connectivity index (χ3n) is 3.55. The summed E-state index contributed by atoms with van der Waals surface area (Å²) in [5.74, 6) is 0. The van der Waals surface area contributed by atoms with Gasteiger partial charge in [0.15, 0.2) is 0 Å². The van der Waals surface area contributed by atoms with E-state index in [1.165, 1.54) is 17.6 Å². The molecule has 0 fully saturated rings. The number of alkyl carbamates (subject to hydrolysis) is 1. The molecule has 1 aromatic carbocycles. The van der Waals surface area contributed by atoms with Crippen LogP contribution >= 0.6 is 0 Å². The first-order valence-corrected chi connectivity index (χ1v) is 7.64. The SMILES string of the molecule is C[C@H](NC(=O)OC(C)(C)C)c1ccccc1C1=CCCC1. The minimum atomic E-state index is -0.475. The summed E-state index contributed by atoms with van der Waals surface area (Å²) in [7, 11) is 0. The van der Waals surface area contributed by atoms with Crippen molar-refractivity contribution in [3.05, 3.63) is 41.5 Å². The Morgan fingerprint density at radius 2 is 2.00 bits per heavy atom. The third kappa shape index (κ3) is 4.35. The van der Waals surface area contributed by atoms with Gasteiger partial charge >= 0.3 is 6.09 Å². The van der Waals surface area contributed by atoms with Crippen LogP contribution in [-0.4, -0.2) is 11.7 Å². The Balaban J connectivity index is 2.12. The number of carbonyl (C=O) groups is 1. The maximum atomic E-state index is 11.9. The topological polar surface area (TPSA) is 38.3 Å². The molecule has 0 heterocycles. The van der Waals surface area contributed by atoms with E-state index in [9.17, 15) is 4.79 Å². The molecule has 0 unspecified atom stereocenters. The average molecular weight is 287 g/mol. The molecular weight excluding hydrogens is 262 g/mol. The van der Waals surface area contributed by atoms with Crippen molar-refractivity contribution in [3.8, 4) is 0 Å². The summed E-state index contributed by atoms with van der Waals surface area (Å²) in [5, 5.41) is 2.93. The molecule has 1 amide bonds.